The largest absolute Gasteiger partial charge is 0.409 e. The molecule has 16 heavy (non-hydrogen) atoms. The third-order valence-corrected chi connectivity index (χ3v) is 3.20. The number of aromatic nitrogens is 2. The van der Waals surface area contributed by atoms with E-state index in [0.29, 0.717) is 17.8 Å². The van der Waals surface area contributed by atoms with Gasteiger partial charge in [0.15, 0.2) is 5.84 Å². The third kappa shape index (κ3) is 1.83. The van der Waals surface area contributed by atoms with E-state index in [1.54, 1.807) is 4.90 Å². The van der Waals surface area contributed by atoms with Crippen molar-refractivity contribution >= 4 is 23.3 Å². The predicted molar refractivity (Wildman–Crippen MR) is 57.4 cm³/mol. The second kappa shape index (κ2) is 4.44. The number of likely N-dealkylation sites (tertiary alicyclic amines) is 1. The van der Waals surface area contributed by atoms with Crippen molar-refractivity contribution in [2.75, 3.05) is 6.54 Å². The van der Waals surface area contributed by atoms with E-state index < -0.39 is 0 Å². The van der Waals surface area contributed by atoms with Crippen LogP contribution in [-0.4, -0.2) is 44.0 Å². The highest BCUT2D eigenvalue weighted by Gasteiger charge is 2.33. The standard InChI is InChI=1S/C8H11N5O2S/c9-7(11-15)5-2-1-3-13(5)8(14)6-4-10-12-16-6/h4-5,15H,1-3H2,(H2,9,11). The Kier molecular flexibility index (Phi) is 3.00. The van der Waals surface area contributed by atoms with Gasteiger partial charge in [-0.05, 0) is 24.4 Å². The molecule has 0 aliphatic carbocycles. The van der Waals surface area contributed by atoms with Gasteiger partial charge in [-0.25, -0.2) is 0 Å². The lowest BCUT2D eigenvalue weighted by molar-refractivity contribution is 0.0772. The van der Waals surface area contributed by atoms with Gasteiger partial charge in [0.05, 0.1) is 12.2 Å². The van der Waals surface area contributed by atoms with Gasteiger partial charge in [0, 0.05) is 6.54 Å². The van der Waals surface area contributed by atoms with Gasteiger partial charge < -0.3 is 15.8 Å². The van der Waals surface area contributed by atoms with Crippen molar-refractivity contribution < 1.29 is 10.0 Å². The Labute approximate surface area is 95.7 Å². The number of rotatable bonds is 2. The summed E-state index contributed by atoms with van der Waals surface area (Å²) in [5.74, 6) is -0.0903. The maximum Gasteiger partial charge on any atom is 0.267 e. The molecule has 1 atom stereocenters. The van der Waals surface area contributed by atoms with Crippen LogP contribution >= 0.6 is 11.5 Å². The normalized spacial score (nSPS) is 21.4. The molecule has 1 aliphatic rings. The number of hydrogen-bond acceptors (Lipinski definition) is 6. The van der Waals surface area contributed by atoms with Crippen molar-refractivity contribution in [3.63, 3.8) is 0 Å². The van der Waals surface area contributed by atoms with Crippen LogP contribution in [0.1, 0.15) is 22.5 Å². The average molecular weight is 241 g/mol. The molecule has 1 unspecified atom stereocenters. The Morgan fingerprint density at radius 2 is 2.56 bits per heavy atom. The number of hydrogen-bond donors (Lipinski definition) is 2. The summed E-state index contributed by atoms with van der Waals surface area (Å²) in [7, 11) is 0. The summed E-state index contributed by atoms with van der Waals surface area (Å²) < 4.78 is 3.64. The van der Waals surface area contributed by atoms with Crippen LogP contribution in [0.3, 0.4) is 0 Å². The van der Waals surface area contributed by atoms with Crippen molar-refractivity contribution in [3.05, 3.63) is 11.1 Å². The monoisotopic (exact) mass is 241 g/mol. The minimum atomic E-state index is -0.320. The van der Waals surface area contributed by atoms with Crippen molar-refractivity contribution in [1.82, 2.24) is 14.5 Å². The van der Waals surface area contributed by atoms with E-state index in [2.05, 4.69) is 14.7 Å². The van der Waals surface area contributed by atoms with E-state index in [-0.39, 0.29) is 17.8 Å². The number of amides is 1. The van der Waals surface area contributed by atoms with E-state index in [1.165, 1.54) is 6.20 Å². The van der Waals surface area contributed by atoms with Crippen LogP contribution in [0.5, 0.6) is 0 Å². The van der Waals surface area contributed by atoms with Crippen LogP contribution in [0.4, 0.5) is 0 Å². The van der Waals surface area contributed by atoms with Crippen LogP contribution in [0.15, 0.2) is 11.4 Å². The number of nitrogens with zero attached hydrogens (tertiary/aromatic N) is 4. The fourth-order valence-electron chi connectivity index (χ4n) is 1.79. The first-order valence-electron chi connectivity index (χ1n) is 4.79. The lowest BCUT2D eigenvalue weighted by Gasteiger charge is -2.22. The zero-order valence-corrected chi connectivity index (χ0v) is 9.22. The molecule has 2 heterocycles. The second-order valence-corrected chi connectivity index (χ2v) is 4.25. The summed E-state index contributed by atoms with van der Waals surface area (Å²) in [6, 6.07) is -0.320. The lowest BCUT2D eigenvalue weighted by atomic mass is 10.2. The Hall–Kier alpha value is -1.70. The highest BCUT2D eigenvalue weighted by atomic mass is 32.1. The molecule has 1 aromatic rings. The summed E-state index contributed by atoms with van der Waals surface area (Å²) >= 11 is 1.04. The molecular formula is C8H11N5O2S. The molecule has 86 valence electrons. The number of nitrogens with two attached hydrogens (primary N) is 1. The molecule has 0 bridgehead atoms. The molecule has 0 radical (unpaired) electrons. The summed E-state index contributed by atoms with van der Waals surface area (Å²) in [4.78, 5) is 14.1. The SMILES string of the molecule is NC(=NO)C1CCCN1C(=O)c1cnns1. The first kappa shape index (κ1) is 10.8. The fraction of sp³-hybridized carbons (Fsp3) is 0.500. The topological polar surface area (TPSA) is 105 Å². The van der Waals surface area contributed by atoms with Crippen molar-refractivity contribution in [3.8, 4) is 0 Å². The molecule has 2 rings (SSSR count). The zero-order chi connectivity index (χ0) is 11.5. The van der Waals surface area contributed by atoms with E-state index in [0.717, 1.165) is 18.0 Å². The molecule has 1 fully saturated rings. The van der Waals surface area contributed by atoms with E-state index in [4.69, 9.17) is 10.9 Å². The summed E-state index contributed by atoms with van der Waals surface area (Å²) in [5, 5.41) is 15.2. The van der Waals surface area contributed by atoms with Gasteiger partial charge in [0.1, 0.15) is 4.88 Å². The molecule has 3 N–H and O–H groups in total. The van der Waals surface area contributed by atoms with Crippen LogP contribution < -0.4 is 5.73 Å². The second-order valence-electron chi connectivity index (χ2n) is 3.46. The first-order chi connectivity index (χ1) is 7.74. The van der Waals surface area contributed by atoms with E-state index in [9.17, 15) is 4.79 Å². The van der Waals surface area contributed by atoms with E-state index in [1.807, 2.05) is 0 Å². The van der Waals surface area contributed by atoms with Gasteiger partial charge in [-0.1, -0.05) is 9.64 Å². The fourth-order valence-corrected chi connectivity index (χ4v) is 2.26. The Morgan fingerprint density at radius 1 is 1.75 bits per heavy atom. The quantitative estimate of drug-likeness (QED) is 0.325. The van der Waals surface area contributed by atoms with Crippen LogP contribution in [0.2, 0.25) is 0 Å². The van der Waals surface area contributed by atoms with Crippen molar-refractivity contribution in [2.24, 2.45) is 10.9 Å². The maximum atomic E-state index is 12.0. The number of carbonyl (C=O) groups excluding carboxylic acids is 1. The van der Waals surface area contributed by atoms with Gasteiger partial charge >= 0.3 is 0 Å². The number of oxime groups is 1. The predicted octanol–water partition coefficient (Wildman–Crippen LogP) is -0.111. The summed E-state index contributed by atoms with van der Waals surface area (Å²) in [5.41, 5.74) is 5.54. The summed E-state index contributed by atoms with van der Waals surface area (Å²) in [6.07, 6.45) is 2.99. The zero-order valence-electron chi connectivity index (χ0n) is 8.41. The molecule has 0 spiro atoms. The molecule has 1 amide bonds. The molecular weight excluding hydrogens is 230 g/mol. The van der Waals surface area contributed by atoms with Crippen LogP contribution in [0.25, 0.3) is 0 Å². The molecule has 8 heteroatoms. The summed E-state index contributed by atoms with van der Waals surface area (Å²) in [6.45, 7) is 0.609. The average Bonchev–Trinajstić information content (AvgIpc) is 2.97. The van der Waals surface area contributed by atoms with Gasteiger partial charge in [0.2, 0.25) is 0 Å². The minimum Gasteiger partial charge on any atom is -0.409 e. The van der Waals surface area contributed by atoms with Gasteiger partial charge in [-0.2, -0.15) is 0 Å². The number of carbonyl (C=O) groups is 1. The lowest BCUT2D eigenvalue weighted by Crippen LogP contribution is -2.43. The maximum absolute atomic E-state index is 12.0. The Bertz CT molecular complexity index is 405. The van der Waals surface area contributed by atoms with Gasteiger partial charge in [-0.3, -0.25) is 4.79 Å². The molecule has 0 saturated carbocycles. The van der Waals surface area contributed by atoms with Crippen LogP contribution in [-0.2, 0) is 0 Å². The molecule has 7 nitrogen and oxygen atoms in total. The minimum absolute atomic E-state index is 0.0725. The Morgan fingerprint density at radius 3 is 3.19 bits per heavy atom. The highest BCUT2D eigenvalue weighted by molar-refractivity contribution is 7.07. The molecule has 1 aliphatic heterocycles. The molecule has 0 aromatic carbocycles. The Balaban J connectivity index is 2.18. The third-order valence-electron chi connectivity index (χ3n) is 2.54. The van der Waals surface area contributed by atoms with Gasteiger partial charge in [0.25, 0.3) is 5.91 Å². The van der Waals surface area contributed by atoms with Gasteiger partial charge in [-0.15, -0.1) is 5.10 Å². The van der Waals surface area contributed by atoms with Crippen molar-refractivity contribution in [1.29, 1.82) is 0 Å². The number of amidine groups is 1. The smallest absolute Gasteiger partial charge is 0.267 e. The first-order valence-corrected chi connectivity index (χ1v) is 5.57. The van der Waals surface area contributed by atoms with Crippen molar-refractivity contribution in [2.45, 2.75) is 18.9 Å². The van der Waals surface area contributed by atoms with E-state index >= 15 is 0 Å². The highest BCUT2D eigenvalue weighted by Crippen LogP contribution is 2.20. The molecule has 1 aromatic heterocycles. The van der Waals surface area contributed by atoms with Crippen LogP contribution in [0, 0.1) is 0 Å². The molecule has 1 saturated heterocycles.